The highest BCUT2D eigenvalue weighted by Crippen LogP contribution is 2.36. The molecule has 0 atom stereocenters. The second-order valence-electron chi connectivity index (χ2n) is 8.27. The number of methoxy groups -OCH3 is 1. The molecule has 0 unspecified atom stereocenters. The molecule has 0 aliphatic carbocycles. The summed E-state index contributed by atoms with van der Waals surface area (Å²) in [5.41, 5.74) is 9.28. The molecule has 9 nitrogen and oxygen atoms in total. The Kier molecular flexibility index (Phi) is 6.65. The van der Waals surface area contributed by atoms with Gasteiger partial charge in [0.1, 0.15) is 11.6 Å². The maximum absolute atomic E-state index is 12.2. The smallest absolute Gasteiger partial charge is 0.229 e. The number of fused-ring (bicyclic) bond motifs is 1. The minimum Gasteiger partial charge on any atom is -0.494 e. The number of ether oxygens (including phenoxy) is 1. The van der Waals surface area contributed by atoms with E-state index in [1.165, 1.54) is 6.07 Å². The molecule has 9 heteroatoms. The van der Waals surface area contributed by atoms with Crippen LogP contribution in [0.3, 0.4) is 0 Å². The van der Waals surface area contributed by atoms with Gasteiger partial charge in [-0.05, 0) is 38.4 Å². The van der Waals surface area contributed by atoms with Crippen molar-refractivity contribution in [1.29, 1.82) is 0 Å². The fourth-order valence-electron chi connectivity index (χ4n) is 3.72. The molecule has 2 aromatic heterocycles. The molecule has 0 saturated heterocycles. The van der Waals surface area contributed by atoms with E-state index in [0.29, 0.717) is 34.3 Å². The van der Waals surface area contributed by atoms with Crippen molar-refractivity contribution in [3.63, 3.8) is 0 Å². The van der Waals surface area contributed by atoms with Crippen LogP contribution in [0.2, 0.25) is 0 Å². The average molecular weight is 460 g/mol. The number of nitrogens with one attached hydrogen (secondary N) is 1. The second kappa shape index (κ2) is 9.80. The number of aromatic nitrogens is 3. The molecule has 3 N–H and O–H groups in total. The zero-order valence-corrected chi connectivity index (χ0v) is 19.8. The van der Waals surface area contributed by atoms with Crippen LogP contribution >= 0.6 is 0 Å². The first-order chi connectivity index (χ1) is 16.4. The topological polar surface area (TPSA) is 102 Å². The predicted octanol–water partition coefficient (Wildman–Crippen LogP) is 3.11. The molecule has 0 saturated carbocycles. The van der Waals surface area contributed by atoms with Crippen LogP contribution in [0.25, 0.3) is 16.7 Å². The monoisotopic (exact) mass is 459 g/mol. The summed E-state index contributed by atoms with van der Waals surface area (Å²) in [6, 6.07) is 14.5. The van der Waals surface area contributed by atoms with Crippen molar-refractivity contribution in [3.05, 3.63) is 71.1 Å². The van der Waals surface area contributed by atoms with Gasteiger partial charge in [-0.15, -0.1) is 0 Å². The molecule has 2 aromatic carbocycles. The van der Waals surface area contributed by atoms with E-state index in [-0.39, 0.29) is 5.43 Å². The fraction of sp³-hybridized carbons (Fsp3) is 0.240. The van der Waals surface area contributed by atoms with Crippen molar-refractivity contribution in [3.8, 4) is 11.6 Å². The third kappa shape index (κ3) is 4.79. The summed E-state index contributed by atoms with van der Waals surface area (Å²) in [5.74, 6) is 1.64. The van der Waals surface area contributed by atoms with E-state index in [9.17, 15) is 4.79 Å². The van der Waals surface area contributed by atoms with Gasteiger partial charge in [0.25, 0.3) is 0 Å². The quantitative estimate of drug-likeness (QED) is 0.388. The van der Waals surface area contributed by atoms with Crippen molar-refractivity contribution in [2.45, 2.75) is 0 Å². The van der Waals surface area contributed by atoms with E-state index in [1.807, 2.05) is 56.0 Å². The van der Waals surface area contributed by atoms with E-state index in [2.05, 4.69) is 25.1 Å². The van der Waals surface area contributed by atoms with E-state index >= 15 is 0 Å². The average Bonchev–Trinajstić information content (AvgIpc) is 2.83. The minimum absolute atomic E-state index is 0.0323. The Balaban J connectivity index is 1.66. The van der Waals surface area contributed by atoms with Crippen molar-refractivity contribution < 1.29 is 4.74 Å². The molecule has 34 heavy (non-hydrogen) atoms. The molecule has 4 rings (SSSR count). The molecule has 176 valence electrons. The number of nitrogens with two attached hydrogens (primary N) is 1. The van der Waals surface area contributed by atoms with Gasteiger partial charge in [-0.25, -0.2) is 4.98 Å². The molecule has 2 heterocycles. The standard InChI is InChI=1S/C25H29N7O2/c1-30(2)13-14-31(3)21-16-23(34-4)19(15-18(21)26)28-25-27-11-9-24(29-25)32-12-10-22(33)17-7-5-6-8-20(17)32/h5-12,15-16H,13-14,26H2,1-4H3,(H,27,28,29). The minimum atomic E-state index is -0.0323. The summed E-state index contributed by atoms with van der Waals surface area (Å²) >= 11 is 0. The number of anilines is 4. The Morgan fingerprint density at radius 2 is 1.88 bits per heavy atom. The molecular formula is C25H29N7O2. The molecular weight excluding hydrogens is 430 g/mol. The number of rotatable bonds is 8. The van der Waals surface area contributed by atoms with Crippen molar-refractivity contribution in [1.82, 2.24) is 19.4 Å². The number of nitrogen functional groups attached to an aromatic ring is 1. The molecule has 0 aliphatic rings. The predicted molar refractivity (Wildman–Crippen MR) is 138 cm³/mol. The van der Waals surface area contributed by atoms with Crippen LogP contribution in [0.4, 0.5) is 23.0 Å². The molecule has 4 aromatic rings. The number of benzene rings is 2. The normalized spacial score (nSPS) is 11.1. The Morgan fingerprint density at radius 1 is 1.09 bits per heavy atom. The van der Waals surface area contributed by atoms with Crippen molar-refractivity contribution >= 4 is 33.9 Å². The fourth-order valence-corrected chi connectivity index (χ4v) is 3.72. The van der Waals surface area contributed by atoms with Gasteiger partial charge in [0.2, 0.25) is 5.95 Å². The van der Waals surface area contributed by atoms with Gasteiger partial charge in [0, 0.05) is 50.0 Å². The lowest BCUT2D eigenvalue weighted by molar-refractivity contribution is 0.413. The maximum atomic E-state index is 12.2. The van der Waals surface area contributed by atoms with Crippen LogP contribution < -0.4 is 26.1 Å². The first-order valence-electron chi connectivity index (χ1n) is 10.9. The van der Waals surface area contributed by atoms with Crippen LogP contribution in [-0.2, 0) is 0 Å². The SMILES string of the molecule is COc1cc(N(C)CCN(C)C)c(N)cc1Nc1nccc(-n2ccc(=O)c3ccccc32)n1. The van der Waals surface area contributed by atoms with Gasteiger partial charge in [-0.2, -0.15) is 4.98 Å². The zero-order valence-electron chi connectivity index (χ0n) is 19.8. The van der Waals surface area contributed by atoms with Gasteiger partial charge in [-0.1, -0.05) is 12.1 Å². The number of nitrogens with zero attached hydrogens (tertiary/aromatic N) is 5. The van der Waals surface area contributed by atoms with Crippen molar-refractivity contribution in [2.75, 3.05) is 57.3 Å². The zero-order chi connectivity index (χ0) is 24.2. The third-order valence-corrected chi connectivity index (χ3v) is 5.58. The summed E-state index contributed by atoms with van der Waals surface area (Å²) in [6.07, 6.45) is 3.38. The van der Waals surface area contributed by atoms with Gasteiger partial charge >= 0.3 is 0 Å². The molecule has 0 spiro atoms. The summed E-state index contributed by atoms with van der Waals surface area (Å²) in [7, 11) is 7.69. The van der Waals surface area contributed by atoms with Gasteiger partial charge in [-0.3, -0.25) is 4.79 Å². The van der Waals surface area contributed by atoms with Gasteiger partial charge < -0.3 is 30.2 Å². The first-order valence-corrected chi connectivity index (χ1v) is 10.9. The Hall–Kier alpha value is -4.11. The van der Waals surface area contributed by atoms with Crippen LogP contribution in [0.5, 0.6) is 5.75 Å². The van der Waals surface area contributed by atoms with Crippen LogP contribution in [0.1, 0.15) is 0 Å². The number of hydrogen-bond donors (Lipinski definition) is 2. The van der Waals surface area contributed by atoms with Crippen LogP contribution in [0.15, 0.2) is 65.7 Å². The number of likely N-dealkylation sites (N-methyl/N-ethyl adjacent to an activating group) is 2. The first kappa shape index (κ1) is 23.1. The largest absolute Gasteiger partial charge is 0.494 e. The second-order valence-corrected chi connectivity index (χ2v) is 8.27. The number of para-hydroxylation sites is 1. The van der Waals surface area contributed by atoms with Crippen molar-refractivity contribution in [2.24, 2.45) is 0 Å². The summed E-state index contributed by atoms with van der Waals surface area (Å²) in [4.78, 5) is 25.5. The van der Waals surface area contributed by atoms with E-state index in [4.69, 9.17) is 10.5 Å². The Bertz CT molecular complexity index is 1370. The lowest BCUT2D eigenvalue weighted by atomic mass is 10.2. The molecule has 0 bridgehead atoms. The Morgan fingerprint density at radius 3 is 2.65 bits per heavy atom. The summed E-state index contributed by atoms with van der Waals surface area (Å²) in [6.45, 7) is 1.73. The van der Waals surface area contributed by atoms with Gasteiger partial charge in [0.15, 0.2) is 5.43 Å². The van der Waals surface area contributed by atoms with Crippen LogP contribution in [-0.4, -0.2) is 60.8 Å². The molecule has 0 radical (unpaired) electrons. The van der Waals surface area contributed by atoms with Crippen LogP contribution in [0, 0.1) is 0 Å². The highest BCUT2D eigenvalue weighted by Gasteiger charge is 2.14. The molecule has 0 amide bonds. The maximum Gasteiger partial charge on any atom is 0.229 e. The summed E-state index contributed by atoms with van der Waals surface area (Å²) in [5, 5.41) is 3.85. The van der Waals surface area contributed by atoms with E-state index in [0.717, 1.165) is 24.3 Å². The highest BCUT2D eigenvalue weighted by molar-refractivity contribution is 5.81. The van der Waals surface area contributed by atoms with E-state index in [1.54, 1.807) is 31.6 Å². The molecule has 0 fully saturated rings. The number of hydrogen-bond acceptors (Lipinski definition) is 8. The van der Waals surface area contributed by atoms with Gasteiger partial charge in [0.05, 0.1) is 29.7 Å². The summed E-state index contributed by atoms with van der Waals surface area (Å²) < 4.78 is 7.48. The third-order valence-electron chi connectivity index (χ3n) is 5.58. The lowest BCUT2D eigenvalue weighted by Gasteiger charge is -2.24. The molecule has 0 aliphatic heterocycles. The lowest BCUT2D eigenvalue weighted by Crippen LogP contribution is -2.29. The Labute approximate surface area is 198 Å². The number of pyridine rings is 1. The highest BCUT2D eigenvalue weighted by atomic mass is 16.5. The van der Waals surface area contributed by atoms with E-state index < -0.39 is 0 Å².